The van der Waals surface area contributed by atoms with Crippen LogP contribution in [0.1, 0.15) is 59.0 Å². The minimum absolute atomic E-state index is 0.131. The molecule has 0 aliphatic heterocycles. The number of carbonyl (C=O) groups is 2. The standard InChI is InChI=1S/C25H27N3O3/c1-17-11-12-21(18(2)15-17)28(25(30)22-10-6-14-31-22)23(19-7-5-13-26-16-19)24(29)27-20-8-3-4-9-20/h5-7,10-16,20,23H,3-4,8-9H2,1-2H3,(H,27,29). The lowest BCUT2D eigenvalue weighted by atomic mass is 10.0. The van der Waals surface area contributed by atoms with Crippen molar-refractivity contribution in [1.29, 1.82) is 0 Å². The molecule has 0 saturated heterocycles. The summed E-state index contributed by atoms with van der Waals surface area (Å²) in [7, 11) is 0. The monoisotopic (exact) mass is 417 g/mol. The predicted molar refractivity (Wildman–Crippen MR) is 119 cm³/mol. The van der Waals surface area contributed by atoms with Crippen molar-refractivity contribution < 1.29 is 14.0 Å². The van der Waals surface area contributed by atoms with Crippen LogP contribution in [0.5, 0.6) is 0 Å². The summed E-state index contributed by atoms with van der Waals surface area (Å²) in [6, 6.07) is 12.0. The van der Waals surface area contributed by atoms with E-state index in [9.17, 15) is 9.59 Å². The summed E-state index contributed by atoms with van der Waals surface area (Å²) in [6.07, 6.45) is 8.90. The molecule has 1 aliphatic rings. The number of nitrogens with zero attached hydrogens (tertiary/aromatic N) is 2. The zero-order valence-electron chi connectivity index (χ0n) is 17.9. The predicted octanol–water partition coefficient (Wildman–Crippen LogP) is 4.74. The number of aryl methyl sites for hydroxylation is 2. The molecule has 2 heterocycles. The second-order valence-corrected chi connectivity index (χ2v) is 8.12. The Balaban J connectivity index is 1.82. The molecule has 6 heteroatoms. The van der Waals surface area contributed by atoms with E-state index in [2.05, 4.69) is 10.3 Å². The van der Waals surface area contributed by atoms with Crippen LogP contribution in [0.3, 0.4) is 0 Å². The maximum absolute atomic E-state index is 13.6. The Morgan fingerprint density at radius 1 is 1.13 bits per heavy atom. The third-order valence-corrected chi connectivity index (χ3v) is 5.77. The van der Waals surface area contributed by atoms with E-state index in [1.807, 2.05) is 38.1 Å². The van der Waals surface area contributed by atoms with E-state index in [0.29, 0.717) is 11.3 Å². The number of benzene rings is 1. The quantitative estimate of drug-likeness (QED) is 0.629. The fraction of sp³-hybridized carbons (Fsp3) is 0.320. The third-order valence-electron chi connectivity index (χ3n) is 5.77. The van der Waals surface area contributed by atoms with E-state index in [0.717, 1.165) is 36.8 Å². The first-order chi connectivity index (χ1) is 15.0. The fourth-order valence-electron chi connectivity index (χ4n) is 4.27. The Morgan fingerprint density at radius 3 is 2.58 bits per heavy atom. The van der Waals surface area contributed by atoms with Gasteiger partial charge in [0.25, 0.3) is 5.91 Å². The van der Waals surface area contributed by atoms with Gasteiger partial charge in [-0.2, -0.15) is 0 Å². The lowest BCUT2D eigenvalue weighted by Gasteiger charge is -2.32. The highest BCUT2D eigenvalue weighted by molar-refractivity contribution is 6.09. The molecule has 1 saturated carbocycles. The molecule has 4 rings (SSSR count). The van der Waals surface area contributed by atoms with Crippen molar-refractivity contribution in [2.24, 2.45) is 0 Å². The van der Waals surface area contributed by atoms with Gasteiger partial charge >= 0.3 is 0 Å². The van der Waals surface area contributed by atoms with Crippen molar-refractivity contribution >= 4 is 17.5 Å². The summed E-state index contributed by atoms with van der Waals surface area (Å²) >= 11 is 0. The Labute approximate surface area is 182 Å². The van der Waals surface area contributed by atoms with E-state index in [-0.39, 0.29) is 23.6 Å². The largest absolute Gasteiger partial charge is 0.459 e. The summed E-state index contributed by atoms with van der Waals surface area (Å²) in [6.45, 7) is 3.95. The Morgan fingerprint density at radius 2 is 1.94 bits per heavy atom. The molecule has 6 nitrogen and oxygen atoms in total. The smallest absolute Gasteiger partial charge is 0.294 e. The zero-order valence-corrected chi connectivity index (χ0v) is 17.9. The van der Waals surface area contributed by atoms with Crippen LogP contribution in [0.15, 0.2) is 65.5 Å². The minimum atomic E-state index is -0.867. The average Bonchev–Trinajstić information content (AvgIpc) is 3.47. The van der Waals surface area contributed by atoms with Gasteiger partial charge in [-0.3, -0.25) is 19.5 Å². The SMILES string of the molecule is Cc1ccc(N(C(=O)c2ccco2)C(C(=O)NC2CCCC2)c2cccnc2)c(C)c1. The number of hydrogen-bond acceptors (Lipinski definition) is 4. The fourth-order valence-corrected chi connectivity index (χ4v) is 4.27. The van der Waals surface area contributed by atoms with E-state index >= 15 is 0 Å². The minimum Gasteiger partial charge on any atom is -0.459 e. The molecule has 1 N–H and O–H groups in total. The van der Waals surface area contributed by atoms with Crippen LogP contribution in [0.2, 0.25) is 0 Å². The molecule has 1 atom stereocenters. The van der Waals surface area contributed by atoms with E-state index in [1.54, 1.807) is 30.6 Å². The second-order valence-electron chi connectivity index (χ2n) is 8.12. The molecule has 0 bridgehead atoms. The Kier molecular flexibility index (Phi) is 6.16. The van der Waals surface area contributed by atoms with Crippen LogP contribution in [0.25, 0.3) is 0 Å². The van der Waals surface area contributed by atoms with Gasteiger partial charge in [-0.25, -0.2) is 0 Å². The van der Waals surface area contributed by atoms with E-state index in [1.165, 1.54) is 11.2 Å². The summed E-state index contributed by atoms with van der Waals surface area (Å²) in [5.74, 6) is -0.394. The van der Waals surface area contributed by atoms with Crippen LogP contribution < -0.4 is 10.2 Å². The summed E-state index contributed by atoms with van der Waals surface area (Å²) < 4.78 is 5.42. The molecule has 2 amide bonds. The number of anilines is 1. The van der Waals surface area contributed by atoms with Gasteiger partial charge in [0.1, 0.15) is 6.04 Å². The van der Waals surface area contributed by atoms with Gasteiger partial charge in [-0.1, -0.05) is 36.6 Å². The van der Waals surface area contributed by atoms with Crippen molar-refractivity contribution in [2.75, 3.05) is 4.90 Å². The van der Waals surface area contributed by atoms with Crippen molar-refractivity contribution in [3.05, 3.63) is 83.6 Å². The first-order valence-corrected chi connectivity index (χ1v) is 10.7. The van der Waals surface area contributed by atoms with E-state index in [4.69, 9.17) is 4.42 Å². The molecule has 1 unspecified atom stereocenters. The lowest BCUT2D eigenvalue weighted by molar-refractivity contribution is -0.123. The molecule has 160 valence electrons. The molecule has 1 aromatic carbocycles. The number of pyridine rings is 1. The van der Waals surface area contributed by atoms with Crippen LogP contribution in [-0.4, -0.2) is 22.8 Å². The Hall–Kier alpha value is -3.41. The third kappa shape index (κ3) is 4.53. The van der Waals surface area contributed by atoms with Gasteiger partial charge in [-0.05, 0) is 56.5 Å². The Bertz CT molecular complexity index is 1040. The lowest BCUT2D eigenvalue weighted by Crippen LogP contribution is -2.46. The number of aromatic nitrogens is 1. The number of hydrogen-bond donors (Lipinski definition) is 1. The topological polar surface area (TPSA) is 75.4 Å². The average molecular weight is 418 g/mol. The van der Waals surface area contributed by atoms with Crippen LogP contribution in [0, 0.1) is 13.8 Å². The summed E-state index contributed by atoms with van der Waals surface area (Å²) in [5.41, 5.74) is 3.31. The van der Waals surface area contributed by atoms with Gasteiger partial charge in [-0.15, -0.1) is 0 Å². The summed E-state index contributed by atoms with van der Waals surface area (Å²) in [4.78, 5) is 33.0. The maximum Gasteiger partial charge on any atom is 0.294 e. The highest BCUT2D eigenvalue weighted by Gasteiger charge is 2.36. The molecule has 0 spiro atoms. The molecule has 1 aliphatic carbocycles. The van der Waals surface area contributed by atoms with Gasteiger partial charge < -0.3 is 9.73 Å². The molecule has 0 radical (unpaired) electrons. The molecule has 31 heavy (non-hydrogen) atoms. The first kappa shape index (κ1) is 20.8. The highest BCUT2D eigenvalue weighted by atomic mass is 16.3. The van der Waals surface area contributed by atoms with Crippen LogP contribution in [0.4, 0.5) is 5.69 Å². The zero-order chi connectivity index (χ0) is 21.8. The number of carbonyl (C=O) groups excluding carboxylic acids is 2. The van der Waals surface area contributed by atoms with Gasteiger partial charge in [0.2, 0.25) is 5.91 Å². The molecular weight excluding hydrogens is 390 g/mol. The maximum atomic E-state index is 13.6. The van der Waals surface area contributed by atoms with Gasteiger partial charge in [0.05, 0.1) is 6.26 Å². The van der Waals surface area contributed by atoms with Gasteiger partial charge in [0.15, 0.2) is 5.76 Å². The van der Waals surface area contributed by atoms with Crippen molar-refractivity contribution in [3.8, 4) is 0 Å². The van der Waals surface area contributed by atoms with E-state index < -0.39 is 6.04 Å². The molecule has 1 fully saturated rings. The van der Waals surface area contributed by atoms with Crippen molar-refractivity contribution in [3.63, 3.8) is 0 Å². The van der Waals surface area contributed by atoms with Crippen LogP contribution >= 0.6 is 0 Å². The van der Waals surface area contributed by atoms with Crippen LogP contribution in [-0.2, 0) is 4.79 Å². The van der Waals surface area contributed by atoms with Crippen molar-refractivity contribution in [1.82, 2.24) is 10.3 Å². The second kappa shape index (κ2) is 9.16. The molecular formula is C25H27N3O3. The number of furan rings is 1. The highest BCUT2D eigenvalue weighted by Crippen LogP contribution is 2.33. The molecule has 2 aromatic heterocycles. The number of rotatable bonds is 6. The number of amides is 2. The summed E-state index contributed by atoms with van der Waals surface area (Å²) in [5, 5.41) is 3.17. The number of nitrogens with one attached hydrogen (secondary N) is 1. The first-order valence-electron chi connectivity index (χ1n) is 10.7. The van der Waals surface area contributed by atoms with Crippen molar-refractivity contribution in [2.45, 2.75) is 51.6 Å². The van der Waals surface area contributed by atoms with Gasteiger partial charge in [0, 0.05) is 29.7 Å². The normalized spacial score (nSPS) is 14.9. The molecule has 3 aromatic rings.